The highest BCUT2D eigenvalue weighted by atomic mass is 32.2. The number of carbonyl (C=O) groups is 4. The van der Waals surface area contributed by atoms with E-state index in [-0.39, 0.29) is 30.8 Å². The van der Waals surface area contributed by atoms with Crippen molar-refractivity contribution in [2.75, 3.05) is 25.2 Å². The van der Waals surface area contributed by atoms with E-state index in [1.165, 1.54) is 7.11 Å². The Morgan fingerprint density at radius 3 is 2.48 bits per heavy atom. The van der Waals surface area contributed by atoms with Gasteiger partial charge in [-0.3, -0.25) is 19.3 Å². The molecule has 9 heteroatoms. The van der Waals surface area contributed by atoms with Crippen molar-refractivity contribution in [3.63, 3.8) is 0 Å². The molecule has 27 heavy (non-hydrogen) atoms. The molecule has 1 fully saturated rings. The Labute approximate surface area is 160 Å². The number of hydrogen-bond acceptors (Lipinski definition) is 7. The molecule has 0 radical (unpaired) electrons. The lowest BCUT2D eigenvalue weighted by molar-refractivity contribution is -0.148. The van der Waals surface area contributed by atoms with Crippen LogP contribution in [0, 0.1) is 0 Å². The van der Waals surface area contributed by atoms with E-state index in [0.29, 0.717) is 29.1 Å². The zero-order chi connectivity index (χ0) is 19.4. The fraction of sp³-hybridized carbons (Fsp3) is 0.444. The molecule has 2 heterocycles. The van der Waals surface area contributed by atoms with Crippen LogP contribution in [0.25, 0.3) is 0 Å². The lowest BCUT2D eigenvalue weighted by Crippen LogP contribution is -2.44. The summed E-state index contributed by atoms with van der Waals surface area (Å²) < 4.78 is 10.00. The molecular formula is C18H20N2O6S. The fourth-order valence-electron chi connectivity index (χ4n) is 3.05. The first kappa shape index (κ1) is 19.2. The number of thioether (sulfide) groups is 1. The number of alkyl carbamates (subject to hydrolysis) is 1. The summed E-state index contributed by atoms with van der Waals surface area (Å²) in [6.07, 6.45) is -0.575. The van der Waals surface area contributed by atoms with Crippen LogP contribution in [0.2, 0.25) is 0 Å². The van der Waals surface area contributed by atoms with E-state index >= 15 is 0 Å². The third-order valence-electron chi connectivity index (χ3n) is 4.44. The summed E-state index contributed by atoms with van der Waals surface area (Å²) in [7, 11) is 1.28. The number of hydrogen-bond donors (Lipinski definition) is 1. The number of nitrogens with one attached hydrogen (secondary N) is 1. The van der Waals surface area contributed by atoms with Gasteiger partial charge in [-0.2, -0.15) is 11.8 Å². The van der Waals surface area contributed by atoms with Crippen molar-refractivity contribution < 1.29 is 28.7 Å². The van der Waals surface area contributed by atoms with Crippen LogP contribution in [0.1, 0.15) is 33.6 Å². The van der Waals surface area contributed by atoms with Gasteiger partial charge in [0.2, 0.25) is 0 Å². The quantitative estimate of drug-likeness (QED) is 0.577. The third-order valence-corrected chi connectivity index (χ3v) is 5.60. The van der Waals surface area contributed by atoms with Crippen LogP contribution >= 0.6 is 11.8 Å². The Morgan fingerprint density at radius 2 is 1.85 bits per heavy atom. The highest BCUT2D eigenvalue weighted by molar-refractivity contribution is 7.99. The van der Waals surface area contributed by atoms with Gasteiger partial charge in [0.1, 0.15) is 6.10 Å². The standard InChI is InChI=1S/C18H20N2O6S/c1-25-18(24)19-13-9-27-10-14(13)26-15(21)7-4-8-20-16(22)11-5-2-3-6-12(11)17(20)23/h2-3,5-6,13-14H,4,7-10H2,1H3,(H,19,24)/t13-,14+/m1/s1. The minimum atomic E-state index is -0.561. The first-order valence-corrected chi connectivity index (χ1v) is 9.73. The second-order valence-electron chi connectivity index (χ2n) is 6.22. The molecular weight excluding hydrogens is 372 g/mol. The van der Waals surface area contributed by atoms with E-state index in [4.69, 9.17) is 4.74 Å². The van der Waals surface area contributed by atoms with Gasteiger partial charge in [0.05, 0.1) is 24.3 Å². The summed E-state index contributed by atoms with van der Waals surface area (Å²) in [4.78, 5) is 49.1. The van der Waals surface area contributed by atoms with Crippen molar-refractivity contribution in [3.05, 3.63) is 35.4 Å². The van der Waals surface area contributed by atoms with E-state index in [0.717, 1.165) is 4.90 Å². The smallest absolute Gasteiger partial charge is 0.407 e. The summed E-state index contributed by atoms with van der Waals surface area (Å²) >= 11 is 1.58. The molecule has 1 saturated heterocycles. The van der Waals surface area contributed by atoms with Crippen molar-refractivity contribution in [1.29, 1.82) is 0 Å². The van der Waals surface area contributed by atoms with Crippen molar-refractivity contribution in [2.24, 2.45) is 0 Å². The van der Waals surface area contributed by atoms with Crippen LogP contribution in [0.3, 0.4) is 0 Å². The summed E-state index contributed by atoms with van der Waals surface area (Å²) in [6, 6.07) is 6.38. The highest BCUT2D eigenvalue weighted by Gasteiger charge is 2.35. The maximum absolute atomic E-state index is 12.3. The van der Waals surface area contributed by atoms with Gasteiger partial charge in [0, 0.05) is 24.5 Å². The second kappa shape index (κ2) is 8.43. The van der Waals surface area contributed by atoms with Gasteiger partial charge in [0.25, 0.3) is 11.8 Å². The Morgan fingerprint density at radius 1 is 1.19 bits per heavy atom. The monoisotopic (exact) mass is 392 g/mol. The minimum Gasteiger partial charge on any atom is -0.459 e. The average Bonchev–Trinajstić information content (AvgIpc) is 3.19. The zero-order valence-corrected chi connectivity index (χ0v) is 15.6. The zero-order valence-electron chi connectivity index (χ0n) is 14.8. The molecule has 2 atom stereocenters. The maximum atomic E-state index is 12.3. The van der Waals surface area contributed by atoms with E-state index in [9.17, 15) is 19.2 Å². The van der Waals surface area contributed by atoms with Crippen LogP contribution in [0.4, 0.5) is 4.79 Å². The fourth-order valence-corrected chi connectivity index (χ4v) is 4.27. The number of ether oxygens (including phenoxy) is 2. The molecule has 144 valence electrons. The number of carbonyl (C=O) groups excluding carboxylic acids is 4. The normalized spacial score (nSPS) is 21.1. The van der Waals surface area contributed by atoms with Crippen LogP contribution in [0.15, 0.2) is 24.3 Å². The number of esters is 1. The minimum absolute atomic E-state index is 0.0829. The molecule has 3 rings (SSSR count). The first-order chi connectivity index (χ1) is 13.0. The van der Waals surface area contributed by atoms with Crippen molar-refractivity contribution in [3.8, 4) is 0 Å². The number of benzene rings is 1. The molecule has 0 aromatic heterocycles. The lowest BCUT2D eigenvalue weighted by atomic mass is 10.1. The van der Waals surface area contributed by atoms with E-state index in [1.54, 1.807) is 36.0 Å². The van der Waals surface area contributed by atoms with Crippen molar-refractivity contribution in [1.82, 2.24) is 10.2 Å². The predicted octanol–water partition coefficient (Wildman–Crippen LogP) is 1.45. The molecule has 2 aliphatic rings. The molecule has 2 aliphatic heterocycles. The van der Waals surface area contributed by atoms with Gasteiger partial charge >= 0.3 is 12.1 Å². The third kappa shape index (κ3) is 4.24. The van der Waals surface area contributed by atoms with E-state index < -0.39 is 18.2 Å². The predicted molar refractivity (Wildman–Crippen MR) is 97.6 cm³/mol. The Bertz CT molecular complexity index is 733. The van der Waals surface area contributed by atoms with E-state index in [2.05, 4.69) is 10.1 Å². The molecule has 0 aliphatic carbocycles. The molecule has 1 aromatic carbocycles. The van der Waals surface area contributed by atoms with Crippen LogP contribution in [-0.4, -0.2) is 66.1 Å². The van der Waals surface area contributed by atoms with Gasteiger partial charge < -0.3 is 14.8 Å². The molecule has 3 amide bonds. The van der Waals surface area contributed by atoms with Crippen LogP contribution in [-0.2, 0) is 14.3 Å². The summed E-state index contributed by atoms with van der Waals surface area (Å²) in [5.74, 6) is 0.147. The number of methoxy groups -OCH3 is 1. The number of imide groups is 1. The molecule has 0 spiro atoms. The molecule has 0 bridgehead atoms. The average molecular weight is 392 g/mol. The number of amides is 3. The molecule has 0 saturated carbocycles. The molecule has 1 aromatic rings. The Hall–Kier alpha value is -2.55. The Balaban J connectivity index is 1.46. The maximum Gasteiger partial charge on any atom is 0.407 e. The number of nitrogens with zero attached hydrogens (tertiary/aromatic N) is 1. The number of fused-ring (bicyclic) bond motifs is 1. The van der Waals surface area contributed by atoms with Crippen LogP contribution < -0.4 is 5.32 Å². The highest BCUT2D eigenvalue weighted by Crippen LogP contribution is 2.24. The first-order valence-electron chi connectivity index (χ1n) is 8.58. The molecule has 1 N–H and O–H groups in total. The summed E-state index contributed by atoms with van der Waals surface area (Å²) in [5, 5.41) is 2.65. The second-order valence-corrected chi connectivity index (χ2v) is 7.29. The van der Waals surface area contributed by atoms with Crippen molar-refractivity contribution >= 4 is 35.6 Å². The van der Waals surface area contributed by atoms with Gasteiger partial charge in [-0.15, -0.1) is 0 Å². The SMILES string of the molecule is COC(=O)N[C@@H]1CSC[C@@H]1OC(=O)CCCN1C(=O)c2ccccc2C1=O. The molecule has 0 unspecified atom stereocenters. The largest absolute Gasteiger partial charge is 0.459 e. The van der Waals surface area contributed by atoms with Gasteiger partial charge in [-0.1, -0.05) is 12.1 Å². The summed E-state index contributed by atoms with van der Waals surface area (Å²) in [5.41, 5.74) is 0.787. The van der Waals surface area contributed by atoms with Crippen LogP contribution in [0.5, 0.6) is 0 Å². The molecule has 8 nitrogen and oxygen atoms in total. The van der Waals surface area contributed by atoms with Gasteiger partial charge in [0.15, 0.2) is 0 Å². The lowest BCUT2D eigenvalue weighted by Gasteiger charge is -2.20. The van der Waals surface area contributed by atoms with Crippen molar-refractivity contribution in [2.45, 2.75) is 25.0 Å². The summed E-state index contributed by atoms with van der Waals surface area (Å²) in [6.45, 7) is 0.157. The van der Waals surface area contributed by atoms with E-state index in [1.807, 2.05) is 0 Å². The van der Waals surface area contributed by atoms with Gasteiger partial charge in [-0.05, 0) is 18.6 Å². The topological polar surface area (TPSA) is 102 Å². The van der Waals surface area contributed by atoms with Gasteiger partial charge in [-0.25, -0.2) is 4.79 Å². The number of rotatable bonds is 6. The Kier molecular flexibility index (Phi) is 6.00.